The number of nitrogens with one attached hydrogen (secondary N) is 2. The van der Waals surface area contributed by atoms with Gasteiger partial charge in [-0.25, -0.2) is 14.5 Å². The first-order chi connectivity index (χ1) is 14.0. The van der Waals surface area contributed by atoms with Gasteiger partial charge >= 0.3 is 0 Å². The number of benzene rings is 1. The molecule has 0 aliphatic rings. The second kappa shape index (κ2) is 7.23. The molecule has 29 heavy (non-hydrogen) atoms. The number of nitrogens with zero attached hydrogens (tertiary/aromatic N) is 3. The minimum atomic E-state index is -0.580. The zero-order chi connectivity index (χ0) is 20.5. The lowest BCUT2D eigenvalue weighted by atomic mass is 10.1. The molecule has 0 aliphatic carbocycles. The Bertz CT molecular complexity index is 1270. The van der Waals surface area contributed by atoms with Crippen LogP contribution in [0.5, 0.6) is 5.75 Å². The summed E-state index contributed by atoms with van der Waals surface area (Å²) >= 11 is 0. The van der Waals surface area contributed by atoms with Gasteiger partial charge in [-0.3, -0.25) is 14.7 Å². The van der Waals surface area contributed by atoms with Crippen LogP contribution in [-0.2, 0) is 0 Å². The fraction of sp³-hybridized carbons (Fsp3) is 0.143. The first-order valence-electron chi connectivity index (χ1n) is 8.98. The fourth-order valence-corrected chi connectivity index (χ4v) is 3.29. The predicted octanol–water partition coefficient (Wildman–Crippen LogP) is 2.96. The number of anilines is 1. The van der Waals surface area contributed by atoms with E-state index >= 15 is 0 Å². The number of carbonyl (C=O) groups is 1. The number of fused-ring (bicyclic) bond motifs is 1. The van der Waals surface area contributed by atoms with Crippen molar-refractivity contribution in [2.75, 3.05) is 12.4 Å². The van der Waals surface area contributed by atoms with Gasteiger partial charge in [-0.2, -0.15) is 0 Å². The van der Waals surface area contributed by atoms with Gasteiger partial charge in [0.25, 0.3) is 11.5 Å². The van der Waals surface area contributed by atoms with Gasteiger partial charge in [-0.1, -0.05) is 30.3 Å². The van der Waals surface area contributed by atoms with Crippen LogP contribution in [0, 0.1) is 13.8 Å². The van der Waals surface area contributed by atoms with E-state index in [0.29, 0.717) is 17.1 Å². The highest BCUT2D eigenvalue weighted by molar-refractivity contribution is 6.04. The van der Waals surface area contributed by atoms with Gasteiger partial charge in [-0.05, 0) is 25.5 Å². The average molecular weight is 389 g/mol. The third-order valence-electron chi connectivity index (χ3n) is 4.64. The lowest BCUT2D eigenvalue weighted by Crippen LogP contribution is -2.29. The van der Waals surface area contributed by atoms with Crippen LogP contribution in [-0.4, -0.2) is 32.6 Å². The second-order valence-corrected chi connectivity index (χ2v) is 6.55. The Labute approximate surface area is 166 Å². The maximum Gasteiger partial charge on any atom is 0.285 e. The lowest BCUT2D eigenvalue weighted by Gasteiger charge is -2.08. The van der Waals surface area contributed by atoms with Crippen molar-refractivity contribution in [3.8, 4) is 16.9 Å². The molecular formula is C21H19N5O3. The van der Waals surface area contributed by atoms with Crippen LogP contribution in [0.2, 0.25) is 0 Å². The Morgan fingerprint density at radius 2 is 1.93 bits per heavy atom. The number of hydrogen-bond acceptors (Lipinski definition) is 5. The normalized spacial score (nSPS) is 10.9. The number of carbonyl (C=O) groups excluding carboxylic acids is 1. The Balaban J connectivity index is 1.80. The van der Waals surface area contributed by atoms with Gasteiger partial charge in [0, 0.05) is 23.5 Å². The quantitative estimate of drug-likeness (QED) is 0.559. The van der Waals surface area contributed by atoms with Gasteiger partial charge in [0.2, 0.25) is 0 Å². The lowest BCUT2D eigenvalue weighted by molar-refractivity contribution is 0.102. The number of pyridine rings is 1. The van der Waals surface area contributed by atoms with E-state index in [2.05, 4.69) is 20.4 Å². The largest absolute Gasteiger partial charge is 0.497 e. The molecule has 2 N–H and O–H groups in total. The van der Waals surface area contributed by atoms with Gasteiger partial charge in [0.1, 0.15) is 17.1 Å². The monoisotopic (exact) mass is 389 g/mol. The summed E-state index contributed by atoms with van der Waals surface area (Å²) in [6, 6.07) is 12.9. The molecule has 8 heteroatoms. The van der Waals surface area contributed by atoms with Crippen molar-refractivity contribution in [3.63, 3.8) is 0 Å². The molecule has 8 nitrogen and oxygen atoms in total. The Hall–Kier alpha value is -3.94. The summed E-state index contributed by atoms with van der Waals surface area (Å²) in [6.45, 7) is 3.51. The SMILES string of the molecule is COc1ccnc(NC(=O)c2c(C)nc3c(-c4ccccc4)c(C)[nH]n3c2=O)c1. The molecule has 3 aromatic heterocycles. The molecule has 0 saturated carbocycles. The van der Waals surface area contributed by atoms with E-state index in [1.165, 1.54) is 17.8 Å². The summed E-state index contributed by atoms with van der Waals surface area (Å²) in [5, 5.41) is 5.66. The first kappa shape index (κ1) is 18.4. The number of methoxy groups -OCH3 is 1. The van der Waals surface area contributed by atoms with Crippen LogP contribution in [0.4, 0.5) is 5.82 Å². The number of aromatic nitrogens is 4. The molecule has 3 heterocycles. The third-order valence-corrected chi connectivity index (χ3v) is 4.64. The molecule has 4 rings (SSSR count). The molecule has 146 valence electrons. The Kier molecular flexibility index (Phi) is 4.59. The van der Waals surface area contributed by atoms with Crippen molar-refractivity contribution in [1.82, 2.24) is 19.6 Å². The van der Waals surface area contributed by atoms with Gasteiger partial charge in [0.05, 0.1) is 12.8 Å². The highest BCUT2D eigenvalue weighted by atomic mass is 16.5. The van der Waals surface area contributed by atoms with E-state index in [9.17, 15) is 9.59 Å². The van der Waals surface area contributed by atoms with Crippen molar-refractivity contribution >= 4 is 17.4 Å². The summed E-state index contributed by atoms with van der Waals surface area (Å²) in [4.78, 5) is 34.5. The molecule has 0 radical (unpaired) electrons. The number of hydrogen-bond donors (Lipinski definition) is 2. The van der Waals surface area contributed by atoms with Crippen molar-refractivity contribution in [1.29, 1.82) is 0 Å². The van der Waals surface area contributed by atoms with Crippen LogP contribution in [0.1, 0.15) is 21.7 Å². The van der Waals surface area contributed by atoms with Crippen molar-refractivity contribution in [2.45, 2.75) is 13.8 Å². The molecule has 0 saturated heterocycles. The maximum atomic E-state index is 13.1. The maximum absolute atomic E-state index is 13.1. The zero-order valence-electron chi connectivity index (χ0n) is 16.2. The van der Waals surface area contributed by atoms with Crippen molar-refractivity contribution in [2.24, 2.45) is 0 Å². The number of rotatable bonds is 4. The number of amides is 1. The van der Waals surface area contributed by atoms with Gasteiger partial charge < -0.3 is 10.1 Å². The highest BCUT2D eigenvalue weighted by Gasteiger charge is 2.22. The topological polar surface area (TPSA) is 101 Å². The minimum absolute atomic E-state index is 0.0482. The molecule has 0 fully saturated rings. The molecule has 0 aliphatic heterocycles. The Morgan fingerprint density at radius 1 is 1.17 bits per heavy atom. The van der Waals surface area contributed by atoms with Crippen LogP contribution in [0.3, 0.4) is 0 Å². The molecular weight excluding hydrogens is 370 g/mol. The molecule has 1 amide bonds. The first-order valence-corrected chi connectivity index (χ1v) is 8.98. The van der Waals surface area contributed by atoms with E-state index in [4.69, 9.17) is 4.74 Å². The van der Waals surface area contributed by atoms with Crippen LogP contribution >= 0.6 is 0 Å². The van der Waals surface area contributed by atoms with Gasteiger partial charge in [-0.15, -0.1) is 0 Å². The average Bonchev–Trinajstić information content (AvgIpc) is 3.05. The molecule has 0 atom stereocenters. The van der Waals surface area contributed by atoms with E-state index < -0.39 is 11.5 Å². The van der Waals surface area contributed by atoms with Gasteiger partial charge in [0.15, 0.2) is 5.65 Å². The standard InChI is InChI=1S/C21H19N5O3/c1-12-18(20(27)24-16-11-15(29-3)9-10-22-16)21(28)26-19(23-12)17(13(2)25-26)14-7-5-4-6-8-14/h4-11,25H,1-3H3,(H,22,24,27). The number of ether oxygens (including phenoxy) is 1. The summed E-state index contributed by atoms with van der Waals surface area (Å²) in [6.07, 6.45) is 1.51. The summed E-state index contributed by atoms with van der Waals surface area (Å²) in [5.74, 6) is 0.249. The van der Waals surface area contributed by atoms with E-state index in [0.717, 1.165) is 16.8 Å². The van der Waals surface area contributed by atoms with Crippen LogP contribution < -0.4 is 15.6 Å². The van der Waals surface area contributed by atoms with Crippen LogP contribution in [0.15, 0.2) is 53.5 Å². The second-order valence-electron chi connectivity index (χ2n) is 6.55. The molecule has 4 aromatic rings. The summed E-state index contributed by atoms with van der Waals surface area (Å²) in [7, 11) is 1.52. The molecule has 0 spiro atoms. The van der Waals surface area contributed by atoms with E-state index in [-0.39, 0.29) is 11.4 Å². The van der Waals surface area contributed by atoms with E-state index in [1.54, 1.807) is 19.1 Å². The fourth-order valence-electron chi connectivity index (χ4n) is 3.29. The minimum Gasteiger partial charge on any atom is -0.497 e. The van der Waals surface area contributed by atoms with Crippen molar-refractivity contribution in [3.05, 3.63) is 76.0 Å². The number of aromatic amines is 1. The van der Waals surface area contributed by atoms with E-state index in [1.807, 2.05) is 37.3 Å². The number of H-pyrrole nitrogens is 1. The summed E-state index contributed by atoms with van der Waals surface area (Å²) in [5.41, 5.74) is 2.84. The smallest absolute Gasteiger partial charge is 0.285 e. The summed E-state index contributed by atoms with van der Waals surface area (Å²) < 4.78 is 6.43. The zero-order valence-corrected chi connectivity index (χ0v) is 16.2. The number of aryl methyl sites for hydroxylation is 2. The van der Waals surface area contributed by atoms with Crippen molar-refractivity contribution < 1.29 is 9.53 Å². The van der Waals surface area contributed by atoms with Crippen LogP contribution in [0.25, 0.3) is 16.8 Å². The molecule has 0 bridgehead atoms. The third kappa shape index (κ3) is 3.25. The predicted molar refractivity (Wildman–Crippen MR) is 109 cm³/mol. The highest BCUT2D eigenvalue weighted by Crippen LogP contribution is 2.26. The molecule has 0 unspecified atom stereocenters. The molecule has 1 aromatic carbocycles. The Morgan fingerprint density at radius 3 is 2.66 bits per heavy atom.